The minimum Gasteiger partial charge on any atom is -0.393 e. The molecule has 1 aliphatic carbocycles. The number of benzene rings is 1. The van der Waals surface area contributed by atoms with Crippen LogP contribution in [0.5, 0.6) is 0 Å². The van der Waals surface area contributed by atoms with Gasteiger partial charge in [0.05, 0.1) is 114 Å². The molecule has 16 rings (SSSR count). The van der Waals surface area contributed by atoms with Crippen LogP contribution in [0.3, 0.4) is 0 Å². The van der Waals surface area contributed by atoms with E-state index < -0.39 is 0 Å². The molecule has 28 unspecified atom stereocenters. The maximum atomic E-state index is 13.1. The zero-order chi connectivity index (χ0) is 63.0. The summed E-state index contributed by atoms with van der Waals surface area (Å²) in [7, 11) is 0. The first-order valence-electron chi connectivity index (χ1n) is 34.6. The molecule has 15 fully saturated rings. The monoisotopic (exact) mass is 1220 g/mol. The second-order valence-corrected chi connectivity index (χ2v) is 30.3. The number of imide groups is 3. The third-order valence-corrected chi connectivity index (χ3v) is 25.6. The molecule has 0 aromatic heterocycles. The highest BCUT2D eigenvalue weighted by Gasteiger charge is 2.70. The molecule has 17 heteroatoms. The quantitative estimate of drug-likeness (QED) is 0.0978. The Balaban J connectivity index is 0.000000110. The molecule has 28 atom stereocenters. The predicted octanol–water partition coefficient (Wildman–Crippen LogP) is 9.92. The molecule has 88 heavy (non-hydrogen) atoms. The maximum absolute atomic E-state index is 13.1. The Labute approximate surface area is 521 Å². The number of carbonyl (C=O) groups is 8. The lowest BCUT2D eigenvalue weighted by Gasteiger charge is -2.30. The standard InChI is InChI=1S/C19H23NO3.C18H29NO3.C16H23NO3.C10H12O4.C8H14O/c1-8-6-9(2)15(10(3)7-8)20-18(21)13-14(19(20)22)17-12(5)11(4)16(13)23-17;1-4-5-6-7-8-9-10-19-17(20)13-14(18(19)21)16-12(3)11(2)15(13)22-16;1-8-9(2)14-12-11(13(8)20-14)15(18)17(16(12)19)10-6-4-3-5-7-10;1-3-4(2)8-6-5(7(3)13-8)9(11)14-10(6)12;1-5-6(2)8-4-3-7(5)9-8/h6-7,11-14,16-17H,1-5H3;11-16H,4-10H2,1-3H3;8-14H,3-7H2,1-2H3;3-8H,1-2H3;5-8H,3-4H2,1-2H3. The number of hydrogen-bond acceptors (Lipinski definition) is 14. The van der Waals surface area contributed by atoms with Crippen molar-refractivity contribution in [3.05, 3.63) is 28.8 Å². The molecule has 0 spiro atoms. The van der Waals surface area contributed by atoms with E-state index in [2.05, 4.69) is 80.9 Å². The van der Waals surface area contributed by atoms with Crippen molar-refractivity contribution in [1.82, 2.24) is 9.80 Å². The molecular formula is C71H101N3O14. The highest BCUT2D eigenvalue weighted by Crippen LogP contribution is 2.58. The Morgan fingerprint density at radius 1 is 0.386 bits per heavy atom. The van der Waals surface area contributed by atoms with Gasteiger partial charge in [0.15, 0.2) is 0 Å². The highest BCUT2D eigenvalue weighted by molar-refractivity contribution is 6.23. The smallest absolute Gasteiger partial charge is 0.320 e. The summed E-state index contributed by atoms with van der Waals surface area (Å²) >= 11 is 0. The minimum atomic E-state index is -0.383. The average molecular weight is 1220 g/mol. The fourth-order valence-corrected chi connectivity index (χ4v) is 19.8. The Kier molecular flexibility index (Phi) is 17.8. The van der Waals surface area contributed by atoms with Gasteiger partial charge in [-0.2, -0.15) is 0 Å². The molecule has 14 heterocycles. The SMILES string of the molecule is CC1C(C)C2OC1C1C(=O)N(C3CCCCC3)C(=O)C21.CC1C(C)C2OC1C1C(=O)OC(=O)C21.CC1C2CCC(O2)C1C.CCCCCCCCN1C(=O)C2C3OC(C(C)C3C)C2C1=O.Cc1cc(C)c(N2C(=O)C3C4OC(C(C)C4C)C3C2=O)c(C)c1. The number of nitrogens with zero attached hydrogens (tertiary/aromatic N) is 3. The largest absolute Gasteiger partial charge is 0.393 e. The number of ether oxygens (including phenoxy) is 6. The Morgan fingerprint density at radius 2 is 0.727 bits per heavy atom. The van der Waals surface area contributed by atoms with Crippen LogP contribution < -0.4 is 4.90 Å². The normalized spacial score (nSPS) is 45.5. The third-order valence-electron chi connectivity index (χ3n) is 25.6. The van der Waals surface area contributed by atoms with Crippen LogP contribution in [0, 0.1) is 127 Å². The van der Waals surface area contributed by atoms with Crippen LogP contribution >= 0.6 is 0 Å². The summed E-state index contributed by atoms with van der Waals surface area (Å²) in [5.41, 5.74) is 3.89. The molecule has 0 N–H and O–H groups in total. The fraction of sp³-hybridized carbons (Fsp3) is 0.803. The second kappa shape index (κ2) is 24.6. The van der Waals surface area contributed by atoms with Crippen LogP contribution in [0.15, 0.2) is 12.1 Å². The predicted molar refractivity (Wildman–Crippen MR) is 325 cm³/mol. The van der Waals surface area contributed by atoms with E-state index in [0.29, 0.717) is 66.1 Å². The van der Waals surface area contributed by atoms with Crippen LogP contribution in [0.1, 0.15) is 176 Å². The van der Waals surface area contributed by atoms with E-state index >= 15 is 0 Å². The van der Waals surface area contributed by atoms with Crippen LogP contribution in [0.4, 0.5) is 5.69 Å². The molecule has 14 saturated heterocycles. The van der Waals surface area contributed by atoms with Gasteiger partial charge in [-0.15, -0.1) is 0 Å². The lowest BCUT2D eigenvalue weighted by Crippen LogP contribution is -2.43. The van der Waals surface area contributed by atoms with E-state index in [4.69, 9.17) is 23.7 Å². The minimum absolute atomic E-state index is 0.0231. The number of cyclic esters (lactones) is 2. The van der Waals surface area contributed by atoms with Crippen molar-refractivity contribution in [2.75, 3.05) is 11.4 Å². The fourth-order valence-electron chi connectivity index (χ4n) is 19.8. The molecule has 1 saturated carbocycles. The number of likely N-dealkylation sites (tertiary alicyclic amines) is 2. The van der Waals surface area contributed by atoms with Gasteiger partial charge in [0.25, 0.3) is 0 Å². The van der Waals surface area contributed by atoms with Gasteiger partial charge in [-0.1, -0.05) is 145 Å². The lowest BCUT2D eigenvalue weighted by molar-refractivity contribution is -0.157. The number of rotatable bonds is 9. The number of hydrogen-bond donors (Lipinski definition) is 0. The van der Waals surface area contributed by atoms with E-state index in [0.717, 1.165) is 72.7 Å². The first kappa shape index (κ1) is 63.7. The number of carbonyl (C=O) groups excluding carboxylic acids is 8. The summed E-state index contributed by atoms with van der Waals surface area (Å²) in [6.07, 6.45) is 15.9. The van der Waals surface area contributed by atoms with E-state index in [9.17, 15) is 38.4 Å². The van der Waals surface area contributed by atoms with Crippen molar-refractivity contribution < 1.29 is 66.8 Å². The van der Waals surface area contributed by atoms with E-state index in [-0.39, 0.29) is 150 Å². The number of amides is 6. The Hall–Kier alpha value is -4.42. The summed E-state index contributed by atoms with van der Waals surface area (Å²) in [4.78, 5) is 104. The Bertz CT molecular complexity index is 2760. The first-order chi connectivity index (χ1) is 41.9. The van der Waals surface area contributed by atoms with Crippen LogP contribution in [0.25, 0.3) is 0 Å². The first-order valence-corrected chi connectivity index (χ1v) is 34.6. The zero-order valence-electron chi connectivity index (χ0n) is 54.9. The molecule has 14 aliphatic heterocycles. The van der Waals surface area contributed by atoms with Gasteiger partial charge in [0.1, 0.15) is 0 Å². The van der Waals surface area contributed by atoms with Crippen molar-refractivity contribution in [3.8, 4) is 0 Å². The third kappa shape index (κ3) is 10.1. The summed E-state index contributed by atoms with van der Waals surface area (Å²) in [5, 5.41) is 0. The van der Waals surface area contributed by atoms with Gasteiger partial charge in [0.2, 0.25) is 35.4 Å². The van der Waals surface area contributed by atoms with Crippen molar-refractivity contribution in [2.45, 2.75) is 247 Å². The van der Waals surface area contributed by atoms with Gasteiger partial charge >= 0.3 is 11.9 Å². The molecule has 484 valence electrons. The van der Waals surface area contributed by atoms with Gasteiger partial charge in [-0.25, -0.2) is 4.90 Å². The van der Waals surface area contributed by atoms with Gasteiger partial charge in [-0.05, 0) is 123 Å². The van der Waals surface area contributed by atoms with Crippen molar-refractivity contribution in [2.24, 2.45) is 107 Å². The van der Waals surface area contributed by atoms with Crippen molar-refractivity contribution in [1.29, 1.82) is 0 Å². The number of fused-ring (bicyclic) bond motifs is 22. The molecule has 0 radical (unpaired) electrons. The van der Waals surface area contributed by atoms with Gasteiger partial charge in [0, 0.05) is 12.6 Å². The molecule has 15 aliphatic rings. The van der Waals surface area contributed by atoms with E-state index in [1.807, 2.05) is 32.9 Å². The summed E-state index contributed by atoms with van der Waals surface area (Å²) in [6, 6.07) is 4.24. The van der Waals surface area contributed by atoms with Gasteiger partial charge in [-0.3, -0.25) is 48.2 Å². The van der Waals surface area contributed by atoms with E-state index in [1.54, 1.807) is 9.80 Å². The number of esters is 2. The molecule has 10 bridgehead atoms. The van der Waals surface area contributed by atoms with Crippen molar-refractivity contribution >= 4 is 53.1 Å². The number of anilines is 1. The number of unbranched alkanes of at least 4 members (excludes halogenated alkanes) is 5. The Morgan fingerprint density at radius 3 is 1.09 bits per heavy atom. The van der Waals surface area contributed by atoms with Crippen LogP contribution in [0.2, 0.25) is 0 Å². The topological polar surface area (TPSA) is 202 Å². The van der Waals surface area contributed by atoms with Crippen LogP contribution in [-0.4, -0.2) is 131 Å². The zero-order valence-corrected chi connectivity index (χ0v) is 54.9. The second-order valence-electron chi connectivity index (χ2n) is 30.3. The summed E-state index contributed by atoms with van der Waals surface area (Å²) in [6.45, 7) is 30.5. The van der Waals surface area contributed by atoms with Crippen molar-refractivity contribution in [3.63, 3.8) is 0 Å². The molecule has 6 amide bonds. The number of aryl methyl sites for hydroxylation is 3. The van der Waals surface area contributed by atoms with Crippen LogP contribution in [-0.2, 0) is 66.8 Å². The van der Waals surface area contributed by atoms with Gasteiger partial charge < -0.3 is 28.4 Å². The summed E-state index contributed by atoms with van der Waals surface area (Å²) in [5.74, 6) is 1.90. The molecule has 1 aromatic carbocycles. The van der Waals surface area contributed by atoms with E-state index in [1.165, 1.54) is 49.8 Å². The maximum Gasteiger partial charge on any atom is 0.320 e. The highest BCUT2D eigenvalue weighted by atomic mass is 16.6. The molecule has 17 nitrogen and oxygen atoms in total. The summed E-state index contributed by atoms with van der Waals surface area (Å²) < 4.78 is 34.0. The average Bonchev–Trinajstić information content (AvgIpc) is 1.59. The molecule has 1 aromatic rings. The molecular weight excluding hydrogens is 1120 g/mol. The lowest BCUT2D eigenvalue weighted by atomic mass is 9.70.